The average molecular weight is 312 g/mol. The summed E-state index contributed by atoms with van der Waals surface area (Å²) in [6.45, 7) is 2.28. The van der Waals surface area contributed by atoms with Gasteiger partial charge in [-0.25, -0.2) is 0 Å². The molecule has 0 spiro atoms. The second-order valence-corrected chi connectivity index (χ2v) is 6.23. The number of carbonyl (C=O) groups is 1. The third-order valence-corrected chi connectivity index (χ3v) is 3.98. The first kappa shape index (κ1) is 16.1. The Morgan fingerprint density at radius 3 is 2.86 bits per heavy atom. The second-order valence-electron chi connectivity index (χ2n) is 5.80. The first-order valence-corrected chi connectivity index (χ1v) is 7.76. The molecule has 1 aromatic rings. The average Bonchev–Trinajstić information content (AvgIpc) is 2.83. The Kier molecular flexibility index (Phi) is 5.48. The van der Waals surface area contributed by atoms with E-state index in [2.05, 4.69) is 5.32 Å². The SMILES string of the molecule is CC(CNC(=O)CC1(O)CCCC1)Oc1cccc(Cl)c1. The van der Waals surface area contributed by atoms with Gasteiger partial charge in [0.25, 0.3) is 0 Å². The molecule has 21 heavy (non-hydrogen) atoms. The van der Waals surface area contributed by atoms with Crippen molar-refractivity contribution in [3.05, 3.63) is 29.3 Å². The maximum absolute atomic E-state index is 11.9. The van der Waals surface area contributed by atoms with Crippen LogP contribution in [0.25, 0.3) is 0 Å². The van der Waals surface area contributed by atoms with Crippen LogP contribution in [0.5, 0.6) is 5.75 Å². The van der Waals surface area contributed by atoms with Crippen molar-refractivity contribution in [1.82, 2.24) is 5.32 Å². The van der Waals surface area contributed by atoms with E-state index in [1.807, 2.05) is 19.1 Å². The first-order valence-electron chi connectivity index (χ1n) is 7.38. The molecule has 1 aromatic carbocycles. The summed E-state index contributed by atoms with van der Waals surface area (Å²) >= 11 is 5.89. The van der Waals surface area contributed by atoms with E-state index in [0.717, 1.165) is 25.7 Å². The molecule has 1 saturated carbocycles. The molecule has 5 heteroatoms. The molecule has 1 aliphatic carbocycles. The summed E-state index contributed by atoms with van der Waals surface area (Å²) in [5.74, 6) is 0.555. The summed E-state index contributed by atoms with van der Waals surface area (Å²) in [7, 11) is 0. The number of halogens is 1. The quantitative estimate of drug-likeness (QED) is 0.849. The largest absolute Gasteiger partial charge is 0.489 e. The summed E-state index contributed by atoms with van der Waals surface area (Å²) in [6.07, 6.45) is 3.45. The molecule has 1 aliphatic rings. The van der Waals surface area contributed by atoms with Gasteiger partial charge in [-0.3, -0.25) is 4.79 Å². The molecule has 0 radical (unpaired) electrons. The van der Waals surface area contributed by atoms with Gasteiger partial charge in [0.2, 0.25) is 5.91 Å². The summed E-state index contributed by atoms with van der Waals surface area (Å²) in [5, 5.41) is 13.6. The van der Waals surface area contributed by atoms with Crippen molar-refractivity contribution < 1.29 is 14.6 Å². The van der Waals surface area contributed by atoms with Crippen LogP contribution < -0.4 is 10.1 Å². The van der Waals surface area contributed by atoms with E-state index in [1.54, 1.807) is 12.1 Å². The Morgan fingerprint density at radius 2 is 2.19 bits per heavy atom. The van der Waals surface area contributed by atoms with Gasteiger partial charge >= 0.3 is 0 Å². The lowest BCUT2D eigenvalue weighted by molar-refractivity contribution is -0.126. The van der Waals surface area contributed by atoms with Gasteiger partial charge in [-0.05, 0) is 38.0 Å². The highest BCUT2D eigenvalue weighted by Gasteiger charge is 2.33. The zero-order valence-corrected chi connectivity index (χ0v) is 13.0. The summed E-state index contributed by atoms with van der Waals surface area (Å²) in [5.41, 5.74) is -0.804. The van der Waals surface area contributed by atoms with Crippen molar-refractivity contribution >= 4 is 17.5 Å². The Hall–Kier alpha value is -1.26. The predicted molar refractivity (Wildman–Crippen MR) is 82.6 cm³/mol. The van der Waals surface area contributed by atoms with Gasteiger partial charge in [-0.2, -0.15) is 0 Å². The summed E-state index contributed by atoms with van der Waals surface area (Å²) < 4.78 is 5.68. The number of nitrogens with one attached hydrogen (secondary N) is 1. The van der Waals surface area contributed by atoms with E-state index in [4.69, 9.17) is 16.3 Å². The molecule has 0 aromatic heterocycles. The molecule has 1 fully saturated rings. The zero-order chi connectivity index (χ0) is 15.3. The molecular formula is C16H22ClNO3. The van der Waals surface area contributed by atoms with Gasteiger partial charge in [0.05, 0.1) is 18.6 Å². The fraction of sp³-hybridized carbons (Fsp3) is 0.562. The van der Waals surface area contributed by atoms with Crippen LogP contribution in [0.15, 0.2) is 24.3 Å². The summed E-state index contributed by atoms with van der Waals surface area (Å²) in [4.78, 5) is 11.9. The molecule has 0 bridgehead atoms. The van der Waals surface area contributed by atoms with E-state index in [-0.39, 0.29) is 18.4 Å². The number of amides is 1. The van der Waals surface area contributed by atoms with Crippen LogP contribution in [0.2, 0.25) is 5.02 Å². The van der Waals surface area contributed by atoms with Crippen molar-refractivity contribution in [3.8, 4) is 5.75 Å². The fourth-order valence-corrected chi connectivity index (χ4v) is 2.82. The van der Waals surface area contributed by atoms with E-state index >= 15 is 0 Å². The number of hydrogen-bond donors (Lipinski definition) is 2. The highest BCUT2D eigenvalue weighted by atomic mass is 35.5. The third-order valence-electron chi connectivity index (χ3n) is 3.74. The van der Waals surface area contributed by atoms with Crippen molar-refractivity contribution in [3.63, 3.8) is 0 Å². The van der Waals surface area contributed by atoms with E-state index < -0.39 is 5.60 Å². The Bertz CT molecular complexity index is 486. The molecule has 4 nitrogen and oxygen atoms in total. The Labute approximate surface area is 130 Å². The number of ether oxygens (including phenoxy) is 1. The van der Waals surface area contributed by atoms with Crippen LogP contribution in [0, 0.1) is 0 Å². The number of carbonyl (C=O) groups excluding carboxylic acids is 1. The van der Waals surface area contributed by atoms with Crippen molar-refractivity contribution in [2.24, 2.45) is 0 Å². The minimum atomic E-state index is -0.804. The first-order chi connectivity index (χ1) is 9.97. The predicted octanol–water partition coefficient (Wildman–Crippen LogP) is 2.92. The number of benzene rings is 1. The standard InChI is InChI=1S/C16H22ClNO3/c1-12(21-14-6-4-5-13(17)9-14)11-18-15(19)10-16(20)7-2-3-8-16/h4-6,9,12,20H,2-3,7-8,10-11H2,1H3,(H,18,19). The summed E-state index contributed by atoms with van der Waals surface area (Å²) in [6, 6.07) is 7.16. The molecule has 116 valence electrons. The van der Waals surface area contributed by atoms with Gasteiger partial charge in [0, 0.05) is 5.02 Å². The molecule has 2 N–H and O–H groups in total. The normalized spacial score (nSPS) is 18.2. The molecular weight excluding hydrogens is 290 g/mol. The van der Waals surface area contributed by atoms with Crippen molar-refractivity contribution in [2.75, 3.05) is 6.54 Å². The highest BCUT2D eigenvalue weighted by molar-refractivity contribution is 6.30. The maximum atomic E-state index is 11.9. The molecule has 0 heterocycles. The fourth-order valence-electron chi connectivity index (χ4n) is 2.64. The number of aliphatic hydroxyl groups is 1. The van der Waals surface area contributed by atoms with Gasteiger partial charge in [0.15, 0.2) is 0 Å². The lowest BCUT2D eigenvalue weighted by atomic mass is 9.98. The zero-order valence-electron chi connectivity index (χ0n) is 12.3. The molecule has 1 amide bonds. The van der Waals surface area contributed by atoms with Crippen LogP contribution >= 0.6 is 11.6 Å². The van der Waals surface area contributed by atoms with Crippen LogP contribution in [0.1, 0.15) is 39.0 Å². The van der Waals surface area contributed by atoms with Crippen LogP contribution in [-0.4, -0.2) is 29.3 Å². The van der Waals surface area contributed by atoms with Gasteiger partial charge in [-0.1, -0.05) is 30.5 Å². The minimum Gasteiger partial charge on any atom is -0.489 e. The molecule has 0 saturated heterocycles. The Balaban J connectivity index is 1.73. The maximum Gasteiger partial charge on any atom is 0.223 e. The lowest BCUT2D eigenvalue weighted by Crippen LogP contribution is -2.38. The van der Waals surface area contributed by atoms with E-state index in [0.29, 0.717) is 17.3 Å². The van der Waals surface area contributed by atoms with Gasteiger partial charge in [-0.15, -0.1) is 0 Å². The highest BCUT2D eigenvalue weighted by Crippen LogP contribution is 2.32. The van der Waals surface area contributed by atoms with Crippen LogP contribution in [-0.2, 0) is 4.79 Å². The number of rotatable bonds is 6. The monoisotopic (exact) mass is 311 g/mol. The van der Waals surface area contributed by atoms with E-state index in [9.17, 15) is 9.90 Å². The van der Waals surface area contributed by atoms with Gasteiger partial charge < -0.3 is 15.2 Å². The second kappa shape index (κ2) is 7.14. The molecule has 2 rings (SSSR count). The minimum absolute atomic E-state index is 0.124. The molecule has 1 atom stereocenters. The smallest absolute Gasteiger partial charge is 0.223 e. The van der Waals surface area contributed by atoms with Gasteiger partial charge in [0.1, 0.15) is 11.9 Å². The van der Waals surface area contributed by atoms with Crippen molar-refractivity contribution in [2.45, 2.75) is 50.7 Å². The number of hydrogen-bond acceptors (Lipinski definition) is 3. The van der Waals surface area contributed by atoms with Crippen LogP contribution in [0.3, 0.4) is 0 Å². The third kappa shape index (κ3) is 5.21. The Morgan fingerprint density at radius 1 is 1.48 bits per heavy atom. The topological polar surface area (TPSA) is 58.6 Å². The molecule has 1 unspecified atom stereocenters. The van der Waals surface area contributed by atoms with Crippen LogP contribution in [0.4, 0.5) is 0 Å². The van der Waals surface area contributed by atoms with E-state index in [1.165, 1.54) is 0 Å². The molecule has 0 aliphatic heterocycles. The van der Waals surface area contributed by atoms with Crippen molar-refractivity contribution in [1.29, 1.82) is 0 Å². The lowest BCUT2D eigenvalue weighted by Gasteiger charge is -2.22.